The summed E-state index contributed by atoms with van der Waals surface area (Å²) in [6, 6.07) is 10.2. The number of carbonyl (C=O) groups is 1. The highest BCUT2D eigenvalue weighted by atomic mass is 16.5. The number of rotatable bonds is 8. The Balaban J connectivity index is 1.38. The molecule has 0 atom stereocenters. The zero-order chi connectivity index (χ0) is 18.0. The Morgan fingerprint density at radius 2 is 1.81 bits per heavy atom. The van der Waals surface area contributed by atoms with Gasteiger partial charge in [-0.1, -0.05) is 30.3 Å². The van der Waals surface area contributed by atoms with Crippen LogP contribution in [0, 0.1) is 0 Å². The highest BCUT2D eigenvalue weighted by molar-refractivity contribution is 5.93. The number of anilines is 1. The molecule has 3 rings (SSSR count). The van der Waals surface area contributed by atoms with Crippen molar-refractivity contribution in [1.29, 1.82) is 0 Å². The van der Waals surface area contributed by atoms with Crippen LogP contribution < -0.4 is 10.6 Å². The lowest BCUT2D eigenvalue weighted by Gasteiger charge is -2.26. The van der Waals surface area contributed by atoms with Crippen LogP contribution >= 0.6 is 0 Å². The van der Waals surface area contributed by atoms with Gasteiger partial charge in [0.1, 0.15) is 0 Å². The standard InChI is InChI=1S/C19H25N5O2/c25-18(20-8-9-24-10-12-26-13-11-24)17-14-22-19(23-15-17)21-7-6-16-4-2-1-3-5-16/h1-5,14-15H,6-13H2,(H,20,25)(H,21,22,23). The zero-order valence-corrected chi connectivity index (χ0v) is 14.9. The number of morpholine rings is 1. The van der Waals surface area contributed by atoms with Crippen LogP contribution in [-0.2, 0) is 11.2 Å². The zero-order valence-electron chi connectivity index (χ0n) is 14.9. The van der Waals surface area contributed by atoms with Gasteiger partial charge in [-0.25, -0.2) is 9.97 Å². The number of hydrogen-bond donors (Lipinski definition) is 2. The highest BCUT2D eigenvalue weighted by Gasteiger charge is 2.11. The quantitative estimate of drug-likeness (QED) is 0.741. The van der Waals surface area contributed by atoms with Crippen molar-refractivity contribution in [2.24, 2.45) is 0 Å². The molecule has 138 valence electrons. The summed E-state index contributed by atoms with van der Waals surface area (Å²) < 4.78 is 5.31. The third-order valence-electron chi connectivity index (χ3n) is 4.27. The SMILES string of the molecule is O=C(NCCN1CCOCC1)c1cnc(NCCc2ccccc2)nc1. The van der Waals surface area contributed by atoms with E-state index in [9.17, 15) is 4.79 Å². The van der Waals surface area contributed by atoms with Gasteiger partial charge in [-0.3, -0.25) is 9.69 Å². The van der Waals surface area contributed by atoms with Crippen molar-refractivity contribution in [1.82, 2.24) is 20.2 Å². The molecule has 1 aromatic carbocycles. The maximum absolute atomic E-state index is 12.1. The Bertz CT molecular complexity index is 672. The van der Waals surface area contributed by atoms with Gasteiger partial charge >= 0.3 is 0 Å². The van der Waals surface area contributed by atoms with Gasteiger partial charge in [0.05, 0.1) is 18.8 Å². The first-order valence-electron chi connectivity index (χ1n) is 8.99. The second-order valence-electron chi connectivity index (χ2n) is 6.17. The molecule has 2 aromatic rings. The molecular weight excluding hydrogens is 330 g/mol. The van der Waals surface area contributed by atoms with E-state index in [-0.39, 0.29) is 5.91 Å². The Morgan fingerprint density at radius 1 is 1.08 bits per heavy atom. The molecule has 1 aliphatic rings. The fourth-order valence-corrected chi connectivity index (χ4v) is 2.75. The van der Waals surface area contributed by atoms with Crippen LogP contribution in [0.4, 0.5) is 5.95 Å². The van der Waals surface area contributed by atoms with E-state index >= 15 is 0 Å². The maximum atomic E-state index is 12.1. The molecule has 0 spiro atoms. The molecule has 7 heteroatoms. The predicted molar refractivity (Wildman–Crippen MR) is 100 cm³/mol. The number of ether oxygens (including phenoxy) is 1. The molecule has 0 aliphatic carbocycles. The number of nitrogens with one attached hydrogen (secondary N) is 2. The van der Waals surface area contributed by atoms with E-state index in [1.165, 1.54) is 5.56 Å². The van der Waals surface area contributed by atoms with Gasteiger partial charge in [-0.2, -0.15) is 0 Å². The van der Waals surface area contributed by atoms with Gasteiger partial charge in [0.25, 0.3) is 5.91 Å². The largest absolute Gasteiger partial charge is 0.379 e. The van der Waals surface area contributed by atoms with E-state index in [2.05, 4.69) is 37.6 Å². The van der Waals surface area contributed by atoms with Crippen LogP contribution in [0.2, 0.25) is 0 Å². The van der Waals surface area contributed by atoms with Crippen molar-refractivity contribution < 1.29 is 9.53 Å². The number of benzene rings is 1. The van der Waals surface area contributed by atoms with Crippen LogP contribution in [-0.4, -0.2) is 66.7 Å². The van der Waals surface area contributed by atoms with Crippen LogP contribution in [0.1, 0.15) is 15.9 Å². The smallest absolute Gasteiger partial charge is 0.254 e. The summed E-state index contributed by atoms with van der Waals surface area (Å²) in [7, 11) is 0. The first kappa shape index (κ1) is 18.3. The Hall–Kier alpha value is -2.51. The molecule has 1 amide bonds. The molecule has 0 bridgehead atoms. The first-order valence-corrected chi connectivity index (χ1v) is 8.99. The van der Waals surface area contributed by atoms with Gasteiger partial charge in [0.2, 0.25) is 5.95 Å². The van der Waals surface area contributed by atoms with Crippen LogP contribution in [0.25, 0.3) is 0 Å². The summed E-state index contributed by atoms with van der Waals surface area (Å²) in [5.74, 6) is 0.389. The molecule has 0 saturated carbocycles. The van der Waals surface area contributed by atoms with E-state index in [0.717, 1.165) is 45.8 Å². The van der Waals surface area contributed by atoms with Crippen molar-refractivity contribution in [2.45, 2.75) is 6.42 Å². The van der Waals surface area contributed by atoms with Crippen molar-refractivity contribution in [2.75, 3.05) is 51.3 Å². The molecule has 1 aromatic heterocycles. The van der Waals surface area contributed by atoms with E-state index in [1.807, 2.05) is 18.2 Å². The molecular formula is C19H25N5O2. The average molecular weight is 355 g/mol. The monoisotopic (exact) mass is 355 g/mol. The number of nitrogens with zero attached hydrogens (tertiary/aromatic N) is 3. The molecule has 1 aliphatic heterocycles. The number of hydrogen-bond acceptors (Lipinski definition) is 6. The lowest BCUT2D eigenvalue weighted by atomic mass is 10.1. The molecule has 1 saturated heterocycles. The normalized spacial score (nSPS) is 14.8. The van der Waals surface area contributed by atoms with E-state index in [0.29, 0.717) is 18.1 Å². The molecule has 0 radical (unpaired) electrons. The number of carbonyl (C=O) groups excluding carboxylic acids is 1. The van der Waals surface area contributed by atoms with E-state index < -0.39 is 0 Å². The third-order valence-corrected chi connectivity index (χ3v) is 4.27. The predicted octanol–water partition coefficient (Wildman–Crippen LogP) is 1.19. The minimum absolute atomic E-state index is 0.144. The summed E-state index contributed by atoms with van der Waals surface area (Å²) >= 11 is 0. The third kappa shape index (κ3) is 5.79. The number of amides is 1. The molecule has 2 heterocycles. The molecule has 26 heavy (non-hydrogen) atoms. The molecule has 2 N–H and O–H groups in total. The van der Waals surface area contributed by atoms with Crippen molar-refractivity contribution >= 4 is 11.9 Å². The van der Waals surface area contributed by atoms with Crippen LogP contribution in [0.3, 0.4) is 0 Å². The maximum Gasteiger partial charge on any atom is 0.254 e. The summed E-state index contributed by atoms with van der Waals surface area (Å²) in [6.07, 6.45) is 4.01. The second kappa shape index (κ2) is 9.84. The Kier molecular flexibility index (Phi) is 6.92. The van der Waals surface area contributed by atoms with Gasteiger partial charge in [-0.15, -0.1) is 0 Å². The Labute approximate surface area is 153 Å². The Morgan fingerprint density at radius 3 is 2.54 bits per heavy atom. The molecule has 0 unspecified atom stereocenters. The molecule has 7 nitrogen and oxygen atoms in total. The lowest BCUT2D eigenvalue weighted by Crippen LogP contribution is -2.41. The summed E-state index contributed by atoms with van der Waals surface area (Å²) in [5.41, 5.74) is 1.73. The average Bonchev–Trinajstić information content (AvgIpc) is 2.70. The van der Waals surface area contributed by atoms with E-state index in [4.69, 9.17) is 4.74 Å². The summed E-state index contributed by atoms with van der Waals surface area (Å²) in [5, 5.41) is 6.08. The summed E-state index contributed by atoms with van der Waals surface area (Å²) in [6.45, 7) is 5.55. The van der Waals surface area contributed by atoms with Crippen LogP contribution in [0.5, 0.6) is 0 Å². The van der Waals surface area contributed by atoms with Gasteiger partial charge in [0.15, 0.2) is 0 Å². The van der Waals surface area contributed by atoms with Crippen molar-refractivity contribution in [3.63, 3.8) is 0 Å². The topological polar surface area (TPSA) is 79.4 Å². The second-order valence-corrected chi connectivity index (χ2v) is 6.17. The van der Waals surface area contributed by atoms with Crippen LogP contribution in [0.15, 0.2) is 42.7 Å². The van der Waals surface area contributed by atoms with Gasteiger partial charge < -0.3 is 15.4 Å². The van der Waals surface area contributed by atoms with Gasteiger partial charge in [-0.05, 0) is 12.0 Å². The minimum atomic E-state index is -0.144. The lowest BCUT2D eigenvalue weighted by molar-refractivity contribution is 0.0383. The van der Waals surface area contributed by atoms with Crippen molar-refractivity contribution in [3.8, 4) is 0 Å². The first-order chi connectivity index (χ1) is 12.8. The number of aromatic nitrogens is 2. The van der Waals surface area contributed by atoms with E-state index in [1.54, 1.807) is 12.4 Å². The summed E-state index contributed by atoms with van der Waals surface area (Å²) in [4.78, 5) is 22.9. The molecule has 1 fully saturated rings. The minimum Gasteiger partial charge on any atom is -0.379 e. The van der Waals surface area contributed by atoms with Crippen molar-refractivity contribution in [3.05, 3.63) is 53.9 Å². The van der Waals surface area contributed by atoms with Gasteiger partial charge in [0, 0.05) is 45.1 Å². The fourth-order valence-electron chi connectivity index (χ4n) is 2.75. The highest BCUT2D eigenvalue weighted by Crippen LogP contribution is 2.03. The fraction of sp³-hybridized carbons (Fsp3) is 0.421.